The Kier molecular flexibility index (Phi) is 3.68. The monoisotopic (exact) mass is 388 g/mol. The fourth-order valence-corrected chi connectivity index (χ4v) is 4.47. The van der Waals surface area contributed by atoms with Crippen molar-refractivity contribution in [3.63, 3.8) is 0 Å². The van der Waals surface area contributed by atoms with Crippen molar-refractivity contribution in [3.8, 4) is 11.3 Å². The van der Waals surface area contributed by atoms with Gasteiger partial charge in [0.1, 0.15) is 5.82 Å². The van der Waals surface area contributed by atoms with Crippen LogP contribution in [0.1, 0.15) is 38.3 Å². The van der Waals surface area contributed by atoms with Gasteiger partial charge in [-0.25, -0.2) is 9.50 Å². The molecule has 6 rings (SSSR count). The number of anilines is 1. The Morgan fingerprint density at radius 2 is 1.90 bits per heavy atom. The van der Waals surface area contributed by atoms with Crippen molar-refractivity contribution in [1.82, 2.24) is 24.8 Å². The van der Waals surface area contributed by atoms with Crippen LogP contribution in [0.2, 0.25) is 0 Å². The van der Waals surface area contributed by atoms with Gasteiger partial charge in [0.05, 0.1) is 29.6 Å². The van der Waals surface area contributed by atoms with Crippen LogP contribution in [0.4, 0.5) is 5.82 Å². The van der Waals surface area contributed by atoms with E-state index in [1.165, 1.54) is 23.9 Å². The van der Waals surface area contributed by atoms with Crippen LogP contribution < -0.4 is 4.90 Å². The molecule has 7 heteroatoms. The second-order valence-electron chi connectivity index (χ2n) is 8.41. The Bertz CT molecular complexity index is 1200. The number of aromatic amines is 1. The molecular formula is C22H24N6O. The lowest BCUT2D eigenvalue weighted by molar-refractivity contribution is -0.00551. The normalized spacial score (nSPS) is 22.6. The predicted molar refractivity (Wildman–Crippen MR) is 112 cm³/mol. The standard InChI is InChI=1S/C22H24N6O/c1-13-11-27(12-14(2)29-13)21-8-7-20-23-10-19(28(20)26-21)16-5-6-18-17(9-16)22(25-24-18)15-3-4-15/h5-10,13-15H,3-4,11-12H2,1-2H3,(H,24,25). The lowest BCUT2D eigenvalue weighted by Gasteiger charge is -2.35. The number of imidazole rings is 1. The Morgan fingerprint density at radius 3 is 2.69 bits per heavy atom. The van der Waals surface area contributed by atoms with Crippen molar-refractivity contribution >= 4 is 22.4 Å². The zero-order valence-electron chi connectivity index (χ0n) is 16.7. The van der Waals surface area contributed by atoms with E-state index in [1.54, 1.807) is 0 Å². The molecule has 1 aliphatic carbocycles. The van der Waals surface area contributed by atoms with E-state index in [0.29, 0.717) is 5.92 Å². The van der Waals surface area contributed by atoms with Crippen LogP contribution in [-0.4, -0.2) is 50.1 Å². The molecule has 1 saturated carbocycles. The van der Waals surface area contributed by atoms with E-state index in [4.69, 9.17) is 9.84 Å². The molecule has 1 N–H and O–H groups in total. The molecule has 2 atom stereocenters. The maximum Gasteiger partial charge on any atom is 0.154 e. The Morgan fingerprint density at radius 1 is 1.07 bits per heavy atom. The zero-order chi connectivity index (χ0) is 19.5. The third-order valence-electron chi connectivity index (χ3n) is 5.96. The summed E-state index contributed by atoms with van der Waals surface area (Å²) in [6.07, 6.45) is 4.80. The Labute approximate surface area is 168 Å². The summed E-state index contributed by atoms with van der Waals surface area (Å²) in [7, 11) is 0. The SMILES string of the molecule is CC1CN(c2ccc3ncc(-c4ccc5n[nH]c(C6CC6)c5c4)n3n2)CC(C)O1. The lowest BCUT2D eigenvalue weighted by atomic mass is 10.1. The molecule has 2 fully saturated rings. The number of rotatable bonds is 3. The first-order valence-electron chi connectivity index (χ1n) is 10.4. The van der Waals surface area contributed by atoms with Crippen LogP contribution in [-0.2, 0) is 4.74 Å². The molecule has 3 aromatic heterocycles. The van der Waals surface area contributed by atoms with Crippen LogP contribution in [0, 0.1) is 0 Å². The number of hydrogen-bond donors (Lipinski definition) is 1. The van der Waals surface area contributed by atoms with Crippen molar-refractivity contribution in [1.29, 1.82) is 0 Å². The van der Waals surface area contributed by atoms with Gasteiger partial charge in [0, 0.05) is 35.7 Å². The molecule has 7 nitrogen and oxygen atoms in total. The summed E-state index contributed by atoms with van der Waals surface area (Å²) >= 11 is 0. The van der Waals surface area contributed by atoms with E-state index in [9.17, 15) is 0 Å². The van der Waals surface area contributed by atoms with Gasteiger partial charge in [-0.2, -0.15) is 5.10 Å². The van der Waals surface area contributed by atoms with Crippen LogP contribution in [0.5, 0.6) is 0 Å². The van der Waals surface area contributed by atoms with E-state index >= 15 is 0 Å². The molecule has 148 valence electrons. The summed E-state index contributed by atoms with van der Waals surface area (Å²) in [5, 5.41) is 13.9. The molecule has 2 unspecified atom stereocenters. The molecule has 1 aromatic carbocycles. The van der Waals surface area contributed by atoms with Gasteiger partial charge < -0.3 is 9.64 Å². The van der Waals surface area contributed by atoms with Crippen molar-refractivity contribution in [2.45, 2.75) is 44.8 Å². The summed E-state index contributed by atoms with van der Waals surface area (Å²) in [5.74, 6) is 1.59. The zero-order valence-corrected chi connectivity index (χ0v) is 16.7. The van der Waals surface area contributed by atoms with Crippen molar-refractivity contribution in [2.24, 2.45) is 0 Å². The number of fused-ring (bicyclic) bond motifs is 2. The maximum atomic E-state index is 5.87. The van der Waals surface area contributed by atoms with Gasteiger partial charge in [-0.1, -0.05) is 6.07 Å². The van der Waals surface area contributed by atoms with Gasteiger partial charge in [-0.05, 0) is 51.0 Å². The van der Waals surface area contributed by atoms with E-state index in [1.807, 2.05) is 16.8 Å². The Balaban J connectivity index is 1.43. The number of morpholine rings is 1. The molecule has 0 radical (unpaired) electrons. The lowest BCUT2D eigenvalue weighted by Crippen LogP contribution is -2.46. The number of nitrogens with zero attached hydrogens (tertiary/aromatic N) is 5. The van der Waals surface area contributed by atoms with Crippen LogP contribution in [0.15, 0.2) is 36.5 Å². The second-order valence-corrected chi connectivity index (χ2v) is 8.41. The van der Waals surface area contributed by atoms with Crippen LogP contribution in [0.25, 0.3) is 27.8 Å². The number of H-pyrrole nitrogens is 1. The average Bonchev–Trinajstić information content (AvgIpc) is 3.33. The quantitative estimate of drug-likeness (QED) is 0.579. The molecule has 1 saturated heterocycles. The molecule has 0 amide bonds. The maximum absolute atomic E-state index is 5.87. The fraction of sp³-hybridized carbons (Fsp3) is 0.409. The minimum Gasteiger partial charge on any atom is -0.372 e. The first-order chi connectivity index (χ1) is 14.2. The highest BCUT2D eigenvalue weighted by atomic mass is 16.5. The predicted octanol–water partition coefficient (Wildman–Crippen LogP) is 3.76. The third kappa shape index (κ3) is 2.88. The summed E-state index contributed by atoms with van der Waals surface area (Å²) in [5.41, 5.74) is 5.26. The average molecular weight is 388 g/mol. The van der Waals surface area contributed by atoms with Gasteiger partial charge in [0.25, 0.3) is 0 Å². The molecule has 4 aromatic rings. The summed E-state index contributed by atoms with van der Waals surface area (Å²) in [6.45, 7) is 5.92. The molecular weight excluding hydrogens is 364 g/mol. The highest BCUT2D eigenvalue weighted by Gasteiger charge is 2.28. The van der Waals surface area contributed by atoms with E-state index in [0.717, 1.165) is 41.3 Å². The second kappa shape index (κ2) is 6.29. The minimum absolute atomic E-state index is 0.197. The molecule has 29 heavy (non-hydrogen) atoms. The summed E-state index contributed by atoms with van der Waals surface area (Å²) in [6, 6.07) is 10.5. The highest BCUT2D eigenvalue weighted by Crippen LogP contribution is 2.42. The third-order valence-corrected chi connectivity index (χ3v) is 5.96. The van der Waals surface area contributed by atoms with E-state index < -0.39 is 0 Å². The van der Waals surface area contributed by atoms with Crippen molar-refractivity contribution in [2.75, 3.05) is 18.0 Å². The van der Waals surface area contributed by atoms with Gasteiger partial charge in [-0.15, -0.1) is 5.10 Å². The fourth-order valence-electron chi connectivity index (χ4n) is 4.47. The van der Waals surface area contributed by atoms with Crippen molar-refractivity contribution < 1.29 is 4.74 Å². The van der Waals surface area contributed by atoms with E-state index in [-0.39, 0.29) is 12.2 Å². The van der Waals surface area contributed by atoms with Gasteiger partial charge in [-0.3, -0.25) is 5.10 Å². The molecule has 2 aliphatic rings. The van der Waals surface area contributed by atoms with Crippen LogP contribution >= 0.6 is 0 Å². The minimum atomic E-state index is 0.197. The molecule has 0 bridgehead atoms. The Hall–Kier alpha value is -2.93. The van der Waals surface area contributed by atoms with E-state index in [2.05, 4.69) is 58.2 Å². The van der Waals surface area contributed by atoms with Crippen LogP contribution in [0.3, 0.4) is 0 Å². The number of hydrogen-bond acceptors (Lipinski definition) is 5. The van der Waals surface area contributed by atoms with Crippen molar-refractivity contribution in [3.05, 3.63) is 42.2 Å². The van der Waals surface area contributed by atoms with Gasteiger partial charge in [0.2, 0.25) is 0 Å². The smallest absolute Gasteiger partial charge is 0.154 e. The molecule has 4 heterocycles. The summed E-state index contributed by atoms with van der Waals surface area (Å²) in [4.78, 5) is 6.88. The van der Waals surface area contributed by atoms with Gasteiger partial charge >= 0.3 is 0 Å². The highest BCUT2D eigenvalue weighted by molar-refractivity contribution is 5.87. The first-order valence-corrected chi connectivity index (χ1v) is 10.4. The number of nitrogens with one attached hydrogen (secondary N) is 1. The number of aromatic nitrogens is 5. The molecule has 1 aliphatic heterocycles. The first kappa shape index (κ1) is 17.0. The topological polar surface area (TPSA) is 71.3 Å². The largest absolute Gasteiger partial charge is 0.372 e. The number of benzene rings is 1. The number of ether oxygens (including phenoxy) is 1. The molecule has 0 spiro atoms. The summed E-state index contributed by atoms with van der Waals surface area (Å²) < 4.78 is 7.83. The van der Waals surface area contributed by atoms with Gasteiger partial charge in [0.15, 0.2) is 5.65 Å².